The maximum Gasteiger partial charge on any atom is 0.504 e. The van der Waals surface area contributed by atoms with Crippen LogP contribution in [0.2, 0.25) is 11.1 Å². The molecule has 0 aromatic carbocycles. The first-order valence-electron chi connectivity index (χ1n) is 13.4. The Labute approximate surface area is 200 Å². The first-order valence-corrected chi connectivity index (χ1v) is 17.0. The highest BCUT2D eigenvalue weighted by atomic mass is 28.4. The van der Waals surface area contributed by atoms with E-state index in [1.807, 2.05) is 41.5 Å². The molecular weight excluding hydrogens is 440 g/mol. The average molecular weight is 493 g/mol. The zero-order valence-corrected chi connectivity index (χ0v) is 23.9. The Hall–Kier alpha value is 0.194. The molecule has 0 bridgehead atoms. The molecule has 2 rings (SSSR count). The van der Waals surface area contributed by atoms with Crippen molar-refractivity contribution in [2.45, 2.75) is 117 Å². The van der Waals surface area contributed by atoms with E-state index in [-0.39, 0.29) is 0 Å². The highest BCUT2D eigenvalue weighted by molar-refractivity contribution is 6.62. The summed E-state index contributed by atoms with van der Waals surface area (Å²) in [6.07, 6.45) is 12.8. The van der Waals surface area contributed by atoms with Crippen LogP contribution in [-0.2, 0) is 26.6 Å². The molecule has 8 heteroatoms. The molecule has 0 amide bonds. The predicted molar refractivity (Wildman–Crippen MR) is 135 cm³/mol. The van der Waals surface area contributed by atoms with Gasteiger partial charge in [0.25, 0.3) is 0 Å². The third-order valence-electron chi connectivity index (χ3n) is 6.28. The van der Waals surface area contributed by atoms with Gasteiger partial charge in [0.05, 0.1) is 0 Å². The van der Waals surface area contributed by atoms with Crippen LogP contribution in [0.15, 0.2) is 0 Å². The monoisotopic (exact) mass is 492 g/mol. The van der Waals surface area contributed by atoms with Gasteiger partial charge in [0.2, 0.25) is 0 Å². The smallest absolute Gasteiger partial charge is 0.374 e. The Bertz CT molecular complexity index is 368. The summed E-state index contributed by atoms with van der Waals surface area (Å²) in [4.78, 5) is 0. The Kier molecular flexibility index (Phi) is 16.6. The highest BCUT2D eigenvalue weighted by Gasteiger charge is 2.49. The lowest BCUT2D eigenvalue weighted by molar-refractivity contribution is 0.0554. The Balaban J connectivity index is 0.000000320. The first-order chi connectivity index (χ1) is 15.6. The van der Waals surface area contributed by atoms with Gasteiger partial charge in [-0.2, -0.15) is 0 Å². The molecule has 0 radical (unpaired) electrons. The van der Waals surface area contributed by atoms with Crippen LogP contribution in [-0.4, -0.2) is 57.3 Å². The summed E-state index contributed by atoms with van der Waals surface area (Å²) >= 11 is 0. The summed E-state index contributed by atoms with van der Waals surface area (Å²) in [7, 11) is -4.79. The molecule has 2 saturated carbocycles. The van der Waals surface area contributed by atoms with E-state index in [4.69, 9.17) is 26.6 Å². The van der Waals surface area contributed by atoms with Gasteiger partial charge in [0.1, 0.15) is 0 Å². The normalized spacial score (nSPS) is 18.9. The number of rotatable bonds is 14. The zero-order chi connectivity index (χ0) is 23.7. The summed E-state index contributed by atoms with van der Waals surface area (Å²) in [5, 5.41) is 0. The molecule has 32 heavy (non-hydrogen) atoms. The zero-order valence-electron chi connectivity index (χ0n) is 21.9. The van der Waals surface area contributed by atoms with Crippen molar-refractivity contribution in [3.05, 3.63) is 0 Å². The molecule has 0 spiro atoms. The van der Waals surface area contributed by atoms with E-state index in [1.54, 1.807) is 0 Å². The van der Waals surface area contributed by atoms with Crippen LogP contribution in [0.5, 0.6) is 0 Å². The van der Waals surface area contributed by atoms with Crippen molar-refractivity contribution < 1.29 is 26.6 Å². The lowest BCUT2D eigenvalue weighted by atomic mass is 10.0. The van der Waals surface area contributed by atoms with Gasteiger partial charge in [-0.1, -0.05) is 38.5 Å². The van der Waals surface area contributed by atoms with Crippen molar-refractivity contribution in [1.29, 1.82) is 0 Å². The molecule has 0 aromatic heterocycles. The molecule has 0 N–H and O–H groups in total. The third-order valence-corrected chi connectivity index (χ3v) is 13.6. The maximum absolute atomic E-state index is 5.94. The second kappa shape index (κ2) is 17.6. The lowest BCUT2D eigenvalue weighted by Gasteiger charge is -2.37. The lowest BCUT2D eigenvalue weighted by Crippen LogP contribution is -2.51. The van der Waals surface area contributed by atoms with Gasteiger partial charge in [0.15, 0.2) is 0 Å². The van der Waals surface area contributed by atoms with Crippen molar-refractivity contribution in [2.24, 2.45) is 0 Å². The predicted octanol–water partition coefficient (Wildman–Crippen LogP) is 6.74. The van der Waals surface area contributed by atoms with Crippen LogP contribution < -0.4 is 0 Å². The molecule has 0 heterocycles. The second-order valence-electron chi connectivity index (χ2n) is 8.48. The fourth-order valence-electron chi connectivity index (χ4n) is 5.08. The van der Waals surface area contributed by atoms with Crippen molar-refractivity contribution in [3.63, 3.8) is 0 Å². The largest absolute Gasteiger partial charge is 0.504 e. The molecule has 6 nitrogen and oxygen atoms in total. The van der Waals surface area contributed by atoms with E-state index in [0.717, 1.165) is 0 Å². The minimum absolute atomic E-state index is 0.529. The Morgan fingerprint density at radius 1 is 0.406 bits per heavy atom. The second-order valence-corrected chi connectivity index (χ2v) is 14.3. The molecule has 2 fully saturated rings. The molecule has 0 atom stereocenters. The van der Waals surface area contributed by atoms with E-state index in [9.17, 15) is 0 Å². The molecular formula is C24H52O6Si2. The Morgan fingerprint density at radius 2 is 0.625 bits per heavy atom. The minimum Gasteiger partial charge on any atom is -0.374 e. The van der Waals surface area contributed by atoms with Crippen LogP contribution in [0.3, 0.4) is 0 Å². The third kappa shape index (κ3) is 9.45. The molecule has 0 saturated heterocycles. The van der Waals surface area contributed by atoms with Gasteiger partial charge in [-0.15, -0.1) is 0 Å². The first kappa shape index (κ1) is 30.2. The van der Waals surface area contributed by atoms with Gasteiger partial charge < -0.3 is 26.6 Å². The molecule has 2 aliphatic carbocycles. The van der Waals surface area contributed by atoms with E-state index < -0.39 is 17.6 Å². The van der Waals surface area contributed by atoms with Crippen molar-refractivity contribution in [2.75, 3.05) is 39.6 Å². The van der Waals surface area contributed by atoms with Crippen LogP contribution >= 0.6 is 0 Å². The van der Waals surface area contributed by atoms with Crippen molar-refractivity contribution >= 4 is 17.6 Å². The van der Waals surface area contributed by atoms with E-state index in [1.165, 1.54) is 64.2 Å². The standard InChI is InChI=1S/2C12H26O3Si/c2*1-4-13-16(14-5-2,15-6-3)12-10-8-7-9-11-12/h2*12H,4-11H2,1-3H3. The topological polar surface area (TPSA) is 55.4 Å². The fourth-order valence-corrected chi connectivity index (χ4v) is 11.6. The molecule has 0 aliphatic heterocycles. The summed E-state index contributed by atoms with van der Waals surface area (Å²) in [5.74, 6) is 0. The van der Waals surface area contributed by atoms with E-state index in [0.29, 0.717) is 50.7 Å². The minimum atomic E-state index is -2.39. The van der Waals surface area contributed by atoms with Gasteiger partial charge in [-0.25, -0.2) is 0 Å². The van der Waals surface area contributed by atoms with Gasteiger partial charge in [-0.3, -0.25) is 0 Å². The van der Waals surface area contributed by atoms with Gasteiger partial charge in [0, 0.05) is 50.7 Å². The summed E-state index contributed by atoms with van der Waals surface area (Å²) in [5.41, 5.74) is 1.06. The molecule has 0 aromatic rings. The van der Waals surface area contributed by atoms with Crippen LogP contribution in [0.1, 0.15) is 106 Å². The Morgan fingerprint density at radius 3 is 0.812 bits per heavy atom. The fraction of sp³-hybridized carbons (Fsp3) is 1.00. The maximum atomic E-state index is 5.94. The molecule has 192 valence electrons. The number of hydrogen-bond acceptors (Lipinski definition) is 6. The number of hydrogen-bond donors (Lipinski definition) is 0. The van der Waals surface area contributed by atoms with E-state index >= 15 is 0 Å². The summed E-state index contributed by atoms with van der Waals surface area (Å²) < 4.78 is 35.7. The van der Waals surface area contributed by atoms with Crippen LogP contribution in [0.25, 0.3) is 0 Å². The van der Waals surface area contributed by atoms with Crippen molar-refractivity contribution in [3.8, 4) is 0 Å². The molecule has 2 aliphatic rings. The van der Waals surface area contributed by atoms with E-state index in [2.05, 4.69) is 0 Å². The highest BCUT2D eigenvalue weighted by Crippen LogP contribution is 2.39. The average Bonchev–Trinajstić information content (AvgIpc) is 2.81. The summed E-state index contributed by atoms with van der Waals surface area (Å²) in [6.45, 7) is 16.4. The van der Waals surface area contributed by atoms with Crippen LogP contribution in [0.4, 0.5) is 0 Å². The SMILES string of the molecule is CCO[Si](OCC)(OCC)C1CCCCC1.CCO[Si](OCC)(OCC)C1CCCCC1. The molecule has 0 unspecified atom stereocenters. The quantitative estimate of drug-likeness (QED) is 0.250. The van der Waals surface area contributed by atoms with Crippen LogP contribution in [0, 0.1) is 0 Å². The van der Waals surface area contributed by atoms with Gasteiger partial charge >= 0.3 is 17.6 Å². The van der Waals surface area contributed by atoms with Gasteiger partial charge in [-0.05, 0) is 67.2 Å². The van der Waals surface area contributed by atoms with Crippen molar-refractivity contribution in [1.82, 2.24) is 0 Å². The summed E-state index contributed by atoms with van der Waals surface area (Å²) in [6, 6.07) is 0.